The molecule has 0 aliphatic heterocycles. The number of nitro benzene ring substituents is 1. The van der Waals surface area contributed by atoms with E-state index in [4.69, 9.17) is 5.73 Å². The maximum atomic E-state index is 10.4. The third-order valence-corrected chi connectivity index (χ3v) is 1.47. The van der Waals surface area contributed by atoms with E-state index in [0.717, 1.165) is 0 Å². The number of nitrogens with two attached hydrogens (primary N) is 1. The van der Waals surface area contributed by atoms with Crippen LogP contribution in [0.3, 0.4) is 0 Å². The van der Waals surface area contributed by atoms with E-state index < -0.39 is 4.92 Å². The maximum Gasteiger partial charge on any atom is 0.170 e. The first-order valence-corrected chi connectivity index (χ1v) is 3.52. The quantitative estimate of drug-likeness (QED) is 0.499. The van der Waals surface area contributed by atoms with Gasteiger partial charge in [-0.1, -0.05) is 6.07 Å². The molecular formula is C8H9N2O2Y-. The van der Waals surface area contributed by atoms with Crippen LogP contribution in [0.25, 0.3) is 0 Å². The first-order valence-electron chi connectivity index (χ1n) is 3.52. The Hall–Kier alpha value is -0.446. The summed E-state index contributed by atoms with van der Waals surface area (Å²) in [6, 6.07) is 6.51. The van der Waals surface area contributed by atoms with Crippen LogP contribution in [0.1, 0.15) is 5.56 Å². The molecule has 0 spiro atoms. The summed E-state index contributed by atoms with van der Waals surface area (Å²) in [5, 5.41) is 10.4. The molecule has 4 nitrogen and oxygen atoms in total. The minimum absolute atomic E-state index is 0. The van der Waals surface area contributed by atoms with Gasteiger partial charge >= 0.3 is 0 Å². The molecular weight excluding hydrogens is 245 g/mol. The SMILES string of the molecule is NC[CH-]c1ccccc1[N+](=O)[O-].[Y]. The second-order valence-corrected chi connectivity index (χ2v) is 2.26. The third-order valence-electron chi connectivity index (χ3n) is 1.47. The standard InChI is InChI=1S/C8H9N2O2.Y/c9-6-5-7-3-1-2-4-8(7)10(11)12;/h1-5H,6,9H2;/q-1;. The van der Waals surface area contributed by atoms with Crippen molar-refractivity contribution in [1.29, 1.82) is 0 Å². The van der Waals surface area contributed by atoms with E-state index in [1.165, 1.54) is 6.07 Å². The van der Waals surface area contributed by atoms with Crippen molar-refractivity contribution < 1.29 is 37.6 Å². The van der Waals surface area contributed by atoms with Gasteiger partial charge in [0.2, 0.25) is 0 Å². The Bertz CT molecular complexity index is 291. The maximum absolute atomic E-state index is 10.4. The zero-order chi connectivity index (χ0) is 8.97. The Morgan fingerprint density at radius 2 is 2.08 bits per heavy atom. The summed E-state index contributed by atoms with van der Waals surface area (Å²) in [6.45, 7) is 0.310. The van der Waals surface area contributed by atoms with Crippen LogP contribution in [0, 0.1) is 16.5 Å². The number of hydrogen-bond acceptors (Lipinski definition) is 3. The van der Waals surface area contributed by atoms with Crippen molar-refractivity contribution in [1.82, 2.24) is 0 Å². The minimum Gasteiger partial charge on any atom is -0.338 e. The van der Waals surface area contributed by atoms with Crippen LogP contribution in [-0.4, -0.2) is 11.5 Å². The van der Waals surface area contributed by atoms with Crippen molar-refractivity contribution in [3.63, 3.8) is 0 Å². The molecule has 0 fully saturated rings. The predicted octanol–water partition coefficient (Wildman–Crippen LogP) is 1.10. The van der Waals surface area contributed by atoms with Crippen molar-refractivity contribution >= 4 is 5.69 Å². The van der Waals surface area contributed by atoms with Crippen LogP contribution in [0.15, 0.2) is 24.3 Å². The monoisotopic (exact) mass is 254 g/mol. The molecule has 1 aromatic carbocycles. The summed E-state index contributed by atoms with van der Waals surface area (Å²) >= 11 is 0. The van der Waals surface area contributed by atoms with Crippen molar-refractivity contribution in [2.24, 2.45) is 5.73 Å². The fourth-order valence-corrected chi connectivity index (χ4v) is 0.953. The zero-order valence-corrected chi connectivity index (χ0v) is 9.85. The van der Waals surface area contributed by atoms with E-state index in [-0.39, 0.29) is 38.4 Å². The second kappa shape index (κ2) is 6.08. The van der Waals surface area contributed by atoms with E-state index >= 15 is 0 Å². The van der Waals surface area contributed by atoms with Gasteiger partial charge in [-0.2, -0.15) is 12.5 Å². The molecule has 1 radical (unpaired) electrons. The third kappa shape index (κ3) is 3.42. The molecule has 0 aromatic heterocycles. The average molecular weight is 254 g/mol. The molecule has 2 N–H and O–H groups in total. The van der Waals surface area contributed by atoms with Crippen LogP contribution in [0.5, 0.6) is 0 Å². The molecule has 13 heavy (non-hydrogen) atoms. The fraction of sp³-hybridized carbons (Fsp3) is 0.125. The predicted molar refractivity (Wildman–Crippen MR) is 45.6 cm³/mol. The Morgan fingerprint density at radius 3 is 2.62 bits per heavy atom. The molecule has 67 valence electrons. The number of rotatable bonds is 3. The van der Waals surface area contributed by atoms with Crippen molar-refractivity contribution in [3.05, 3.63) is 46.4 Å². The summed E-state index contributed by atoms with van der Waals surface area (Å²) in [6.07, 6.45) is 1.62. The molecule has 1 aromatic rings. The Balaban J connectivity index is 0.00000144. The van der Waals surface area contributed by atoms with Crippen LogP contribution in [-0.2, 0) is 32.7 Å². The fourth-order valence-electron chi connectivity index (χ4n) is 0.953. The summed E-state index contributed by atoms with van der Waals surface area (Å²) < 4.78 is 0. The van der Waals surface area contributed by atoms with Gasteiger partial charge in [0.1, 0.15) is 0 Å². The number of benzene rings is 1. The van der Waals surface area contributed by atoms with E-state index in [1.807, 2.05) is 0 Å². The molecule has 5 heteroatoms. The van der Waals surface area contributed by atoms with Gasteiger partial charge in [0.25, 0.3) is 0 Å². The van der Waals surface area contributed by atoms with Gasteiger partial charge < -0.3 is 5.73 Å². The van der Waals surface area contributed by atoms with Gasteiger partial charge in [0.15, 0.2) is 5.69 Å². The van der Waals surface area contributed by atoms with Crippen LogP contribution < -0.4 is 5.73 Å². The first kappa shape index (κ1) is 12.6. The van der Waals surface area contributed by atoms with Crippen LogP contribution in [0.2, 0.25) is 0 Å². The zero-order valence-electron chi connectivity index (χ0n) is 7.01. The Kier molecular flexibility index (Phi) is 5.87. The van der Waals surface area contributed by atoms with Crippen LogP contribution >= 0.6 is 0 Å². The summed E-state index contributed by atoms with van der Waals surface area (Å²) in [7, 11) is 0. The molecule has 0 unspecified atom stereocenters. The first-order chi connectivity index (χ1) is 5.75. The second-order valence-electron chi connectivity index (χ2n) is 2.26. The van der Waals surface area contributed by atoms with E-state index in [9.17, 15) is 10.1 Å². The van der Waals surface area contributed by atoms with Gasteiger partial charge in [-0.05, 0) is 12.6 Å². The number of nitro groups is 1. The Labute approximate surface area is 102 Å². The number of hydrogen-bond donors (Lipinski definition) is 1. The normalized spacial score (nSPS) is 8.69. The van der Waals surface area contributed by atoms with Crippen molar-refractivity contribution in [3.8, 4) is 0 Å². The molecule has 0 aliphatic carbocycles. The summed E-state index contributed by atoms with van der Waals surface area (Å²) in [5.41, 5.74) is 5.93. The molecule has 0 aliphatic rings. The van der Waals surface area contributed by atoms with Crippen molar-refractivity contribution in [2.45, 2.75) is 0 Å². The molecule has 0 amide bonds. The van der Waals surface area contributed by atoms with Crippen LogP contribution in [0.4, 0.5) is 5.69 Å². The average Bonchev–Trinajstić information content (AvgIpc) is 2.05. The molecule has 1 rings (SSSR count). The van der Waals surface area contributed by atoms with Gasteiger partial charge in [0, 0.05) is 37.6 Å². The largest absolute Gasteiger partial charge is 0.338 e. The smallest absolute Gasteiger partial charge is 0.170 e. The molecule has 0 saturated carbocycles. The molecule has 0 saturated heterocycles. The summed E-state index contributed by atoms with van der Waals surface area (Å²) in [5.74, 6) is 0. The topological polar surface area (TPSA) is 69.2 Å². The van der Waals surface area contributed by atoms with Gasteiger partial charge in [-0.3, -0.25) is 10.1 Å². The van der Waals surface area contributed by atoms with Gasteiger partial charge in [-0.15, -0.1) is 11.6 Å². The molecule has 0 bridgehead atoms. The molecule has 0 heterocycles. The van der Waals surface area contributed by atoms with Gasteiger partial charge in [0.05, 0.1) is 0 Å². The van der Waals surface area contributed by atoms with E-state index in [2.05, 4.69) is 0 Å². The number of nitrogens with zero attached hydrogens (tertiary/aromatic N) is 1. The van der Waals surface area contributed by atoms with Gasteiger partial charge in [-0.25, -0.2) is 0 Å². The Morgan fingerprint density at radius 1 is 1.46 bits per heavy atom. The number of para-hydroxylation sites is 1. The van der Waals surface area contributed by atoms with E-state index in [1.54, 1.807) is 24.6 Å². The van der Waals surface area contributed by atoms with Crippen molar-refractivity contribution in [2.75, 3.05) is 6.54 Å². The minimum atomic E-state index is -0.415. The molecule has 0 atom stereocenters. The summed E-state index contributed by atoms with van der Waals surface area (Å²) in [4.78, 5) is 10.0. The van der Waals surface area contributed by atoms with E-state index in [0.29, 0.717) is 12.1 Å².